The molecular weight excluding hydrogens is 260 g/mol. The van der Waals surface area contributed by atoms with Crippen molar-refractivity contribution >= 4 is 16.6 Å². The first-order chi connectivity index (χ1) is 10.1. The highest BCUT2D eigenvalue weighted by Gasteiger charge is 2.18. The van der Waals surface area contributed by atoms with Gasteiger partial charge >= 0.3 is 0 Å². The smallest absolute Gasteiger partial charge is 0.171 e. The number of ketones is 1. The van der Waals surface area contributed by atoms with E-state index >= 15 is 0 Å². The molecule has 0 aliphatic heterocycles. The fourth-order valence-electron chi connectivity index (χ4n) is 2.83. The molecule has 0 bridgehead atoms. The molecule has 0 aliphatic rings. The lowest BCUT2D eigenvalue weighted by atomic mass is 9.98. The number of hydrogen-bond donors (Lipinski definition) is 0. The van der Waals surface area contributed by atoms with Crippen LogP contribution in [-0.4, -0.2) is 5.78 Å². The van der Waals surface area contributed by atoms with Crippen LogP contribution in [0.3, 0.4) is 0 Å². The summed E-state index contributed by atoms with van der Waals surface area (Å²) in [4.78, 5) is 12.5. The zero-order valence-corrected chi connectivity index (χ0v) is 12.6. The third kappa shape index (κ3) is 2.49. The van der Waals surface area contributed by atoms with Crippen molar-refractivity contribution in [3.63, 3.8) is 0 Å². The second-order valence-electron chi connectivity index (χ2n) is 5.50. The minimum atomic E-state index is 0.122. The molecule has 0 spiro atoms. The van der Waals surface area contributed by atoms with Gasteiger partial charge in [-0.1, -0.05) is 42.5 Å². The van der Waals surface area contributed by atoms with Gasteiger partial charge in [0.05, 0.1) is 5.56 Å². The van der Waals surface area contributed by atoms with Crippen molar-refractivity contribution < 1.29 is 9.21 Å². The Balaban J connectivity index is 1.92. The van der Waals surface area contributed by atoms with E-state index in [2.05, 4.69) is 24.3 Å². The van der Waals surface area contributed by atoms with Gasteiger partial charge in [0.2, 0.25) is 0 Å². The summed E-state index contributed by atoms with van der Waals surface area (Å²) in [7, 11) is 0. The number of carbonyl (C=O) groups is 1. The van der Waals surface area contributed by atoms with E-state index in [9.17, 15) is 4.79 Å². The Kier molecular flexibility index (Phi) is 3.38. The average molecular weight is 278 g/mol. The summed E-state index contributed by atoms with van der Waals surface area (Å²) < 4.78 is 5.55. The van der Waals surface area contributed by atoms with Crippen LogP contribution in [0.15, 0.2) is 46.9 Å². The highest BCUT2D eigenvalue weighted by Crippen LogP contribution is 2.23. The fourth-order valence-corrected chi connectivity index (χ4v) is 2.83. The van der Waals surface area contributed by atoms with Crippen LogP contribution in [0.25, 0.3) is 10.8 Å². The number of Topliss-reactive ketones (excluding diaryl/α,β-unsaturated/α-hetero) is 1. The molecule has 1 aromatic heterocycles. The predicted molar refractivity (Wildman–Crippen MR) is 84.9 cm³/mol. The van der Waals surface area contributed by atoms with E-state index in [-0.39, 0.29) is 5.78 Å². The van der Waals surface area contributed by atoms with E-state index in [1.807, 2.05) is 39.0 Å². The molecule has 0 N–H and O–H groups in total. The lowest BCUT2D eigenvalue weighted by Gasteiger charge is -2.04. The molecule has 0 unspecified atom stereocenters. The number of rotatable bonds is 3. The zero-order chi connectivity index (χ0) is 15.0. The number of aryl methyl sites for hydroxylation is 2. The molecule has 0 radical (unpaired) electrons. The molecule has 21 heavy (non-hydrogen) atoms. The normalized spacial score (nSPS) is 11.0. The quantitative estimate of drug-likeness (QED) is 0.645. The van der Waals surface area contributed by atoms with Gasteiger partial charge in [0.1, 0.15) is 11.5 Å². The molecule has 3 rings (SSSR count). The van der Waals surface area contributed by atoms with Gasteiger partial charge in [-0.05, 0) is 37.1 Å². The molecule has 1 heterocycles. The number of benzene rings is 2. The Bertz CT molecular complexity index is 825. The molecule has 0 amide bonds. The van der Waals surface area contributed by atoms with Crippen molar-refractivity contribution in [2.75, 3.05) is 0 Å². The van der Waals surface area contributed by atoms with E-state index in [1.165, 1.54) is 10.8 Å². The Morgan fingerprint density at radius 3 is 2.33 bits per heavy atom. The molecular formula is C19H18O2. The molecule has 0 saturated heterocycles. The number of carbonyl (C=O) groups excluding carboxylic acids is 1. The molecule has 3 aromatic rings. The van der Waals surface area contributed by atoms with Gasteiger partial charge in [0.25, 0.3) is 0 Å². The van der Waals surface area contributed by atoms with E-state index < -0.39 is 0 Å². The first-order valence-electron chi connectivity index (χ1n) is 7.13. The van der Waals surface area contributed by atoms with Gasteiger partial charge in [0, 0.05) is 12.0 Å². The highest BCUT2D eigenvalue weighted by atomic mass is 16.3. The SMILES string of the molecule is Cc1oc(C)c(C(=O)Cc2ccc3ccccc3c2)c1C. The maximum absolute atomic E-state index is 12.5. The summed E-state index contributed by atoms with van der Waals surface area (Å²) in [5.74, 6) is 1.67. The zero-order valence-electron chi connectivity index (χ0n) is 12.6. The van der Waals surface area contributed by atoms with Gasteiger partial charge in [-0.15, -0.1) is 0 Å². The van der Waals surface area contributed by atoms with Crippen LogP contribution in [0.2, 0.25) is 0 Å². The number of fused-ring (bicyclic) bond motifs is 1. The molecule has 0 atom stereocenters. The first kappa shape index (κ1) is 13.6. The number of hydrogen-bond acceptors (Lipinski definition) is 2. The minimum Gasteiger partial charge on any atom is -0.466 e. The largest absolute Gasteiger partial charge is 0.466 e. The molecule has 106 valence electrons. The van der Waals surface area contributed by atoms with Gasteiger partial charge in [-0.25, -0.2) is 0 Å². The number of furan rings is 1. The van der Waals surface area contributed by atoms with Crippen molar-refractivity contribution in [1.29, 1.82) is 0 Å². The highest BCUT2D eigenvalue weighted by molar-refractivity contribution is 6.00. The van der Waals surface area contributed by atoms with E-state index in [4.69, 9.17) is 4.42 Å². The Labute approximate surface area is 124 Å². The summed E-state index contributed by atoms with van der Waals surface area (Å²) in [6.45, 7) is 5.70. The van der Waals surface area contributed by atoms with Crippen molar-refractivity contribution in [1.82, 2.24) is 0 Å². The van der Waals surface area contributed by atoms with Crippen molar-refractivity contribution in [3.05, 3.63) is 70.7 Å². The van der Waals surface area contributed by atoms with Crippen LogP contribution in [0.1, 0.15) is 33.0 Å². The van der Waals surface area contributed by atoms with Crippen LogP contribution < -0.4 is 0 Å². The molecule has 2 aromatic carbocycles. The molecule has 0 saturated carbocycles. The van der Waals surface area contributed by atoms with Crippen LogP contribution in [0, 0.1) is 20.8 Å². The summed E-state index contributed by atoms with van der Waals surface area (Å²) >= 11 is 0. The Morgan fingerprint density at radius 1 is 0.952 bits per heavy atom. The van der Waals surface area contributed by atoms with Gasteiger partial charge in [0.15, 0.2) is 5.78 Å². The summed E-state index contributed by atoms with van der Waals surface area (Å²) in [6, 6.07) is 14.4. The van der Waals surface area contributed by atoms with Gasteiger partial charge in [-0.2, -0.15) is 0 Å². The summed E-state index contributed by atoms with van der Waals surface area (Å²) in [6.07, 6.45) is 0.408. The minimum absolute atomic E-state index is 0.122. The lowest BCUT2D eigenvalue weighted by Crippen LogP contribution is -2.05. The van der Waals surface area contributed by atoms with E-state index in [0.717, 1.165) is 28.2 Å². The molecule has 2 heteroatoms. The van der Waals surface area contributed by atoms with Gasteiger partial charge < -0.3 is 4.42 Å². The summed E-state index contributed by atoms with van der Waals surface area (Å²) in [5, 5.41) is 2.36. The van der Waals surface area contributed by atoms with E-state index in [1.54, 1.807) is 0 Å². The van der Waals surface area contributed by atoms with Crippen LogP contribution in [0.4, 0.5) is 0 Å². The van der Waals surface area contributed by atoms with E-state index in [0.29, 0.717) is 6.42 Å². The lowest BCUT2D eigenvalue weighted by molar-refractivity contribution is 0.0991. The fraction of sp³-hybridized carbons (Fsp3) is 0.211. The van der Waals surface area contributed by atoms with Gasteiger partial charge in [-0.3, -0.25) is 4.79 Å². The third-order valence-electron chi connectivity index (χ3n) is 4.02. The topological polar surface area (TPSA) is 30.2 Å². The standard InChI is InChI=1S/C19H18O2/c1-12-13(2)21-14(3)19(12)18(20)11-15-8-9-16-6-4-5-7-17(16)10-15/h4-10H,11H2,1-3H3. The Morgan fingerprint density at radius 2 is 1.67 bits per heavy atom. The Hall–Kier alpha value is -2.35. The van der Waals surface area contributed by atoms with Crippen LogP contribution in [0.5, 0.6) is 0 Å². The monoisotopic (exact) mass is 278 g/mol. The second-order valence-corrected chi connectivity index (χ2v) is 5.50. The molecule has 0 aliphatic carbocycles. The van der Waals surface area contributed by atoms with Crippen molar-refractivity contribution in [2.24, 2.45) is 0 Å². The first-order valence-corrected chi connectivity index (χ1v) is 7.13. The molecule has 2 nitrogen and oxygen atoms in total. The summed E-state index contributed by atoms with van der Waals surface area (Å²) in [5.41, 5.74) is 2.73. The molecule has 0 fully saturated rings. The second kappa shape index (κ2) is 5.21. The maximum atomic E-state index is 12.5. The average Bonchev–Trinajstić information content (AvgIpc) is 2.72. The van der Waals surface area contributed by atoms with Crippen LogP contribution in [-0.2, 0) is 6.42 Å². The van der Waals surface area contributed by atoms with Crippen molar-refractivity contribution in [2.45, 2.75) is 27.2 Å². The van der Waals surface area contributed by atoms with Crippen molar-refractivity contribution in [3.8, 4) is 0 Å². The van der Waals surface area contributed by atoms with Crippen LogP contribution >= 0.6 is 0 Å². The third-order valence-corrected chi connectivity index (χ3v) is 4.02. The predicted octanol–water partition coefficient (Wildman–Crippen LogP) is 4.78. The maximum Gasteiger partial charge on any atom is 0.171 e.